The highest BCUT2D eigenvalue weighted by atomic mass is 79.9. The molecule has 0 radical (unpaired) electrons. The highest BCUT2D eigenvalue weighted by Crippen LogP contribution is 2.28. The molecular formula is C13H17BrN2S. The summed E-state index contributed by atoms with van der Waals surface area (Å²) in [4.78, 5) is 7.09. The molecule has 0 N–H and O–H groups in total. The standard InChI is InChI=1S/C13H17BrN2S/c1-2-3-9-16(10-8-14)13-15-11-6-4-5-7-12(11)17-13/h4-7H,2-3,8-10H2,1H3. The number of rotatable bonds is 6. The van der Waals surface area contributed by atoms with Crippen LogP contribution in [0.1, 0.15) is 19.8 Å². The van der Waals surface area contributed by atoms with Crippen molar-refractivity contribution in [3.8, 4) is 0 Å². The van der Waals surface area contributed by atoms with E-state index in [1.54, 1.807) is 11.3 Å². The van der Waals surface area contributed by atoms with Gasteiger partial charge in [0.1, 0.15) is 0 Å². The van der Waals surface area contributed by atoms with Crippen LogP contribution in [0.3, 0.4) is 0 Å². The molecule has 0 aliphatic rings. The van der Waals surface area contributed by atoms with Gasteiger partial charge < -0.3 is 4.90 Å². The number of alkyl halides is 1. The Kier molecular flexibility index (Phi) is 4.80. The van der Waals surface area contributed by atoms with Crippen LogP contribution in [-0.2, 0) is 0 Å². The second-order valence-corrected chi connectivity index (χ2v) is 5.80. The largest absolute Gasteiger partial charge is 0.347 e. The molecule has 0 aliphatic heterocycles. The summed E-state index contributed by atoms with van der Waals surface area (Å²) in [6, 6.07) is 8.35. The molecule has 0 amide bonds. The van der Waals surface area contributed by atoms with E-state index in [0.29, 0.717) is 0 Å². The van der Waals surface area contributed by atoms with Crippen molar-refractivity contribution >= 4 is 42.6 Å². The number of nitrogens with zero attached hydrogens (tertiary/aromatic N) is 2. The summed E-state index contributed by atoms with van der Waals surface area (Å²) in [5.41, 5.74) is 1.11. The van der Waals surface area contributed by atoms with Crippen molar-refractivity contribution in [3.63, 3.8) is 0 Å². The van der Waals surface area contributed by atoms with E-state index >= 15 is 0 Å². The maximum Gasteiger partial charge on any atom is 0.186 e. The molecule has 0 saturated carbocycles. The highest BCUT2D eigenvalue weighted by molar-refractivity contribution is 9.09. The van der Waals surface area contributed by atoms with E-state index in [-0.39, 0.29) is 0 Å². The minimum absolute atomic E-state index is 0.993. The molecule has 0 unspecified atom stereocenters. The lowest BCUT2D eigenvalue weighted by Gasteiger charge is -2.20. The van der Waals surface area contributed by atoms with Crippen molar-refractivity contribution in [2.45, 2.75) is 19.8 Å². The van der Waals surface area contributed by atoms with Crippen molar-refractivity contribution in [1.29, 1.82) is 0 Å². The Morgan fingerprint density at radius 1 is 1.29 bits per heavy atom. The molecule has 0 atom stereocenters. The zero-order valence-corrected chi connectivity index (χ0v) is 12.4. The van der Waals surface area contributed by atoms with Crippen LogP contribution in [0.15, 0.2) is 24.3 Å². The number of benzene rings is 1. The van der Waals surface area contributed by atoms with Crippen LogP contribution < -0.4 is 4.90 Å². The van der Waals surface area contributed by atoms with E-state index in [2.05, 4.69) is 46.0 Å². The van der Waals surface area contributed by atoms with Crippen LogP contribution in [0.25, 0.3) is 10.2 Å². The molecule has 1 aromatic carbocycles. The van der Waals surface area contributed by atoms with Crippen molar-refractivity contribution in [2.75, 3.05) is 23.3 Å². The van der Waals surface area contributed by atoms with E-state index in [9.17, 15) is 0 Å². The Bertz CT molecular complexity index is 436. The number of para-hydroxylation sites is 1. The molecule has 0 saturated heterocycles. The Hall–Kier alpha value is -0.610. The first-order valence-electron chi connectivity index (χ1n) is 6.01. The van der Waals surface area contributed by atoms with Crippen molar-refractivity contribution < 1.29 is 0 Å². The van der Waals surface area contributed by atoms with Gasteiger partial charge in [-0.05, 0) is 18.6 Å². The molecule has 0 bridgehead atoms. The molecule has 2 nitrogen and oxygen atoms in total. The zero-order chi connectivity index (χ0) is 12.1. The third-order valence-corrected chi connectivity index (χ3v) is 4.14. The van der Waals surface area contributed by atoms with Crippen LogP contribution in [-0.4, -0.2) is 23.4 Å². The van der Waals surface area contributed by atoms with Crippen molar-refractivity contribution in [1.82, 2.24) is 4.98 Å². The molecule has 0 fully saturated rings. The van der Waals surface area contributed by atoms with Gasteiger partial charge in [0, 0.05) is 18.4 Å². The van der Waals surface area contributed by atoms with E-state index < -0.39 is 0 Å². The van der Waals surface area contributed by atoms with Gasteiger partial charge in [-0.25, -0.2) is 4.98 Å². The maximum atomic E-state index is 4.71. The van der Waals surface area contributed by atoms with E-state index in [1.807, 2.05) is 6.07 Å². The van der Waals surface area contributed by atoms with Crippen molar-refractivity contribution in [3.05, 3.63) is 24.3 Å². The number of anilines is 1. The molecule has 17 heavy (non-hydrogen) atoms. The lowest BCUT2D eigenvalue weighted by Crippen LogP contribution is -2.26. The fourth-order valence-corrected chi connectivity index (χ4v) is 3.19. The third-order valence-electron chi connectivity index (χ3n) is 2.69. The van der Waals surface area contributed by atoms with Crippen LogP contribution in [0, 0.1) is 0 Å². The first-order chi connectivity index (χ1) is 8.35. The molecule has 0 aliphatic carbocycles. The average molecular weight is 313 g/mol. The molecule has 2 aromatic rings. The summed E-state index contributed by atoms with van der Waals surface area (Å²) < 4.78 is 1.28. The normalized spacial score (nSPS) is 10.9. The minimum atomic E-state index is 0.993. The van der Waals surface area contributed by atoms with E-state index in [4.69, 9.17) is 4.98 Å². The van der Waals surface area contributed by atoms with Gasteiger partial charge >= 0.3 is 0 Å². The van der Waals surface area contributed by atoms with Crippen LogP contribution >= 0.6 is 27.3 Å². The summed E-state index contributed by atoms with van der Waals surface area (Å²) in [6.07, 6.45) is 2.45. The Morgan fingerprint density at radius 3 is 2.82 bits per heavy atom. The SMILES string of the molecule is CCCCN(CCBr)c1nc2ccccc2s1. The maximum absolute atomic E-state index is 4.71. The number of aromatic nitrogens is 1. The summed E-state index contributed by atoms with van der Waals surface area (Å²) in [5.74, 6) is 0. The van der Waals surface area contributed by atoms with E-state index in [1.165, 1.54) is 17.5 Å². The van der Waals surface area contributed by atoms with E-state index in [0.717, 1.165) is 29.1 Å². The van der Waals surface area contributed by atoms with Crippen LogP contribution in [0.5, 0.6) is 0 Å². The quantitative estimate of drug-likeness (QED) is 0.739. The Morgan fingerprint density at radius 2 is 2.12 bits per heavy atom. The lowest BCUT2D eigenvalue weighted by atomic mass is 10.3. The number of thiazole rings is 1. The summed E-state index contributed by atoms with van der Waals surface area (Å²) >= 11 is 5.31. The van der Waals surface area contributed by atoms with Gasteiger partial charge in [0.05, 0.1) is 10.2 Å². The van der Waals surface area contributed by atoms with Gasteiger partial charge in [-0.2, -0.15) is 0 Å². The molecular weight excluding hydrogens is 296 g/mol. The third kappa shape index (κ3) is 3.19. The van der Waals surface area contributed by atoms with Crippen LogP contribution in [0.4, 0.5) is 5.13 Å². The molecule has 2 rings (SSSR count). The molecule has 1 heterocycles. The summed E-state index contributed by atoms with van der Waals surface area (Å²) in [5, 5.41) is 2.14. The smallest absolute Gasteiger partial charge is 0.186 e. The average Bonchev–Trinajstić information content (AvgIpc) is 2.78. The topological polar surface area (TPSA) is 16.1 Å². The lowest BCUT2D eigenvalue weighted by molar-refractivity contribution is 0.734. The van der Waals surface area contributed by atoms with Gasteiger partial charge in [0.25, 0.3) is 0 Å². The Balaban J connectivity index is 2.21. The first kappa shape index (κ1) is 12.8. The van der Waals surface area contributed by atoms with Gasteiger partial charge in [-0.1, -0.05) is 52.7 Å². The number of hydrogen-bond acceptors (Lipinski definition) is 3. The van der Waals surface area contributed by atoms with Gasteiger partial charge in [-0.15, -0.1) is 0 Å². The van der Waals surface area contributed by atoms with Crippen LogP contribution in [0.2, 0.25) is 0 Å². The predicted molar refractivity (Wildman–Crippen MR) is 80.5 cm³/mol. The highest BCUT2D eigenvalue weighted by Gasteiger charge is 2.10. The minimum Gasteiger partial charge on any atom is -0.347 e. The molecule has 4 heteroatoms. The number of halogens is 1. The fraction of sp³-hybridized carbons (Fsp3) is 0.462. The van der Waals surface area contributed by atoms with Crippen molar-refractivity contribution in [2.24, 2.45) is 0 Å². The number of unbranched alkanes of at least 4 members (excludes halogenated alkanes) is 1. The predicted octanol–water partition coefficient (Wildman–Crippen LogP) is 4.30. The summed E-state index contributed by atoms with van der Waals surface area (Å²) in [6.45, 7) is 4.35. The zero-order valence-electron chi connectivity index (χ0n) is 10.0. The summed E-state index contributed by atoms with van der Waals surface area (Å²) in [7, 11) is 0. The first-order valence-corrected chi connectivity index (χ1v) is 7.95. The second-order valence-electron chi connectivity index (χ2n) is 3.99. The Labute approximate surface area is 115 Å². The number of hydrogen-bond donors (Lipinski definition) is 0. The molecule has 1 aromatic heterocycles. The molecule has 0 spiro atoms. The molecule has 92 valence electrons. The van der Waals surface area contributed by atoms with Gasteiger partial charge in [0.2, 0.25) is 0 Å². The second kappa shape index (κ2) is 6.36. The number of fused-ring (bicyclic) bond motifs is 1. The monoisotopic (exact) mass is 312 g/mol. The van der Waals surface area contributed by atoms with Gasteiger partial charge in [-0.3, -0.25) is 0 Å². The fourth-order valence-electron chi connectivity index (χ4n) is 1.75. The van der Waals surface area contributed by atoms with Gasteiger partial charge in [0.15, 0.2) is 5.13 Å².